The quantitative estimate of drug-likeness (QED) is 0.378. The highest BCUT2D eigenvalue weighted by Gasteiger charge is 2.34. The van der Waals surface area contributed by atoms with Gasteiger partial charge in [0.25, 0.3) is 10.0 Å². The number of nitrogens with zero attached hydrogens (tertiary/aromatic N) is 2. The lowest BCUT2D eigenvalue weighted by molar-refractivity contribution is -0.139. The Bertz CT molecular complexity index is 1390. The molecule has 0 aliphatic carbocycles. The van der Waals surface area contributed by atoms with E-state index in [1.807, 2.05) is 6.92 Å². The second-order valence-corrected chi connectivity index (χ2v) is 11.2. The summed E-state index contributed by atoms with van der Waals surface area (Å²) in [5, 5.41) is 3.16. The van der Waals surface area contributed by atoms with Crippen molar-refractivity contribution in [3.8, 4) is 5.75 Å². The Morgan fingerprint density at radius 3 is 2.16 bits per heavy atom. The van der Waals surface area contributed by atoms with Crippen LogP contribution in [0.3, 0.4) is 0 Å². The van der Waals surface area contributed by atoms with Crippen molar-refractivity contribution in [3.05, 3.63) is 87.9 Å². The molecule has 0 fully saturated rings. The van der Waals surface area contributed by atoms with Crippen LogP contribution in [0.4, 0.5) is 5.69 Å². The molecule has 3 aromatic rings. The molecular weight excluding hydrogens is 549 g/mol. The number of ether oxygens (including phenoxy) is 1. The van der Waals surface area contributed by atoms with Crippen molar-refractivity contribution in [1.29, 1.82) is 0 Å². The monoisotopic (exact) mass is 577 g/mol. The molecule has 0 radical (unpaired) electrons. The summed E-state index contributed by atoms with van der Waals surface area (Å²) in [6, 6.07) is 16.8. The summed E-state index contributed by atoms with van der Waals surface area (Å²) in [6.07, 6.45) is 0. The maximum absolute atomic E-state index is 13.9. The Labute approximate surface area is 233 Å². The van der Waals surface area contributed by atoms with Gasteiger partial charge in [-0.1, -0.05) is 59.1 Å². The molecule has 2 amide bonds. The van der Waals surface area contributed by atoms with E-state index in [0.29, 0.717) is 15.6 Å². The molecule has 8 nitrogen and oxygen atoms in total. The van der Waals surface area contributed by atoms with Crippen molar-refractivity contribution in [1.82, 2.24) is 10.2 Å². The number of rotatable bonds is 10. The Morgan fingerprint density at radius 1 is 0.974 bits per heavy atom. The summed E-state index contributed by atoms with van der Waals surface area (Å²) >= 11 is 12.7. The predicted octanol–water partition coefficient (Wildman–Crippen LogP) is 4.67. The third kappa shape index (κ3) is 6.40. The normalized spacial score (nSPS) is 11.9. The number of likely N-dealkylation sites (N-methyl/N-ethyl adjacent to an activating group) is 1. The lowest BCUT2D eigenvalue weighted by Gasteiger charge is -2.32. The maximum atomic E-state index is 13.9. The zero-order valence-corrected chi connectivity index (χ0v) is 23.8. The van der Waals surface area contributed by atoms with Crippen LogP contribution in [-0.4, -0.2) is 51.9 Å². The predicted molar refractivity (Wildman–Crippen MR) is 149 cm³/mol. The minimum atomic E-state index is -4.22. The Kier molecular flexibility index (Phi) is 9.65. The molecule has 202 valence electrons. The van der Waals surface area contributed by atoms with Crippen molar-refractivity contribution in [2.75, 3.05) is 25.0 Å². The van der Waals surface area contributed by atoms with E-state index in [1.165, 1.54) is 31.2 Å². The smallest absolute Gasteiger partial charge is 0.264 e. The molecule has 1 atom stereocenters. The number of carbonyl (C=O) groups excluding carboxylic acids is 2. The van der Waals surface area contributed by atoms with Gasteiger partial charge in [0.2, 0.25) is 11.8 Å². The van der Waals surface area contributed by atoms with E-state index in [9.17, 15) is 18.0 Å². The van der Waals surface area contributed by atoms with Crippen molar-refractivity contribution in [3.63, 3.8) is 0 Å². The van der Waals surface area contributed by atoms with Crippen molar-refractivity contribution >= 4 is 50.7 Å². The molecule has 0 saturated carbocycles. The van der Waals surface area contributed by atoms with E-state index in [0.717, 1.165) is 9.87 Å². The largest absolute Gasteiger partial charge is 0.495 e. The highest BCUT2D eigenvalue weighted by molar-refractivity contribution is 7.92. The number of halogens is 2. The van der Waals surface area contributed by atoms with Crippen molar-refractivity contribution in [2.45, 2.75) is 31.3 Å². The second kappa shape index (κ2) is 12.5. The van der Waals surface area contributed by atoms with Crippen molar-refractivity contribution < 1.29 is 22.7 Å². The molecule has 1 N–H and O–H groups in total. The number of hydrogen-bond donors (Lipinski definition) is 1. The van der Waals surface area contributed by atoms with Gasteiger partial charge in [-0.2, -0.15) is 0 Å². The molecule has 3 aromatic carbocycles. The van der Waals surface area contributed by atoms with Gasteiger partial charge < -0.3 is 15.0 Å². The minimum absolute atomic E-state index is 0.00172. The summed E-state index contributed by atoms with van der Waals surface area (Å²) in [4.78, 5) is 27.7. The lowest BCUT2D eigenvalue weighted by Crippen LogP contribution is -2.50. The van der Waals surface area contributed by atoms with Gasteiger partial charge >= 0.3 is 0 Å². The van der Waals surface area contributed by atoms with Gasteiger partial charge in [0.15, 0.2) is 0 Å². The van der Waals surface area contributed by atoms with E-state index in [1.54, 1.807) is 61.5 Å². The zero-order chi connectivity index (χ0) is 28.0. The third-order valence-electron chi connectivity index (χ3n) is 6.05. The number of benzene rings is 3. The van der Waals surface area contributed by atoms with Crippen LogP contribution in [0, 0.1) is 6.92 Å². The molecule has 11 heteroatoms. The molecule has 0 aliphatic heterocycles. The second-order valence-electron chi connectivity index (χ2n) is 8.51. The van der Waals surface area contributed by atoms with Gasteiger partial charge in [-0.3, -0.25) is 13.9 Å². The number of anilines is 1. The molecule has 0 aliphatic rings. The Balaban J connectivity index is 2.11. The highest BCUT2D eigenvalue weighted by atomic mass is 35.5. The Hall–Kier alpha value is -3.27. The van der Waals surface area contributed by atoms with E-state index in [-0.39, 0.29) is 22.9 Å². The van der Waals surface area contributed by atoms with Crippen LogP contribution < -0.4 is 14.4 Å². The van der Waals surface area contributed by atoms with Gasteiger partial charge in [-0.25, -0.2) is 8.42 Å². The summed E-state index contributed by atoms with van der Waals surface area (Å²) in [7, 11) is -1.35. The van der Waals surface area contributed by atoms with Gasteiger partial charge in [0.1, 0.15) is 18.3 Å². The molecule has 38 heavy (non-hydrogen) atoms. The van der Waals surface area contributed by atoms with E-state index in [2.05, 4.69) is 5.32 Å². The van der Waals surface area contributed by atoms with Crippen LogP contribution in [0.15, 0.2) is 71.6 Å². The fourth-order valence-electron chi connectivity index (χ4n) is 3.83. The molecule has 1 unspecified atom stereocenters. The summed E-state index contributed by atoms with van der Waals surface area (Å²) in [5.41, 5.74) is 1.49. The maximum Gasteiger partial charge on any atom is 0.264 e. The van der Waals surface area contributed by atoms with Crippen LogP contribution in [-0.2, 0) is 26.2 Å². The lowest BCUT2D eigenvalue weighted by atomic mass is 10.1. The van der Waals surface area contributed by atoms with Crippen LogP contribution in [0.2, 0.25) is 10.0 Å². The molecular formula is C27H29Cl2N3O5S. The average Bonchev–Trinajstić information content (AvgIpc) is 2.90. The van der Waals surface area contributed by atoms with Crippen LogP contribution in [0.5, 0.6) is 5.75 Å². The van der Waals surface area contributed by atoms with Crippen LogP contribution in [0.1, 0.15) is 18.1 Å². The first-order valence-corrected chi connectivity index (χ1v) is 13.9. The third-order valence-corrected chi connectivity index (χ3v) is 8.53. The highest BCUT2D eigenvalue weighted by Crippen LogP contribution is 2.33. The van der Waals surface area contributed by atoms with E-state index < -0.39 is 34.4 Å². The number of carbonyl (C=O) groups is 2. The van der Waals surface area contributed by atoms with Gasteiger partial charge in [-0.15, -0.1) is 0 Å². The summed E-state index contributed by atoms with van der Waals surface area (Å²) in [6.45, 7) is 2.66. The minimum Gasteiger partial charge on any atom is -0.495 e. The topological polar surface area (TPSA) is 96.0 Å². The standard InChI is InChI=1S/C27H29Cl2N3O5S/c1-18-12-14-20(15-13-18)38(35,36)32(24-10-5-6-11-25(24)37-4)17-26(33)31(19(2)27(34)30-3)16-21-22(28)8-7-9-23(21)29/h5-15,19H,16-17H2,1-4H3,(H,30,34). The SMILES string of the molecule is CNC(=O)C(C)N(Cc1c(Cl)cccc1Cl)C(=O)CN(c1ccccc1OC)S(=O)(=O)c1ccc(C)cc1. The number of amides is 2. The van der Waals surface area contributed by atoms with Gasteiger partial charge in [-0.05, 0) is 50.2 Å². The molecule has 0 aromatic heterocycles. The number of aryl methyl sites for hydroxylation is 1. The summed E-state index contributed by atoms with van der Waals surface area (Å²) in [5.74, 6) is -0.818. The molecule has 0 heterocycles. The first-order valence-electron chi connectivity index (χ1n) is 11.7. The molecule has 0 saturated heterocycles. The van der Waals surface area contributed by atoms with Crippen LogP contribution in [0.25, 0.3) is 0 Å². The molecule has 0 bridgehead atoms. The fraction of sp³-hybridized carbons (Fsp3) is 0.259. The number of hydrogen-bond acceptors (Lipinski definition) is 5. The average molecular weight is 579 g/mol. The number of sulfonamides is 1. The number of methoxy groups -OCH3 is 1. The Morgan fingerprint density at radius 2 is 1.58 bits per heavy atom. The molecule has 3 rings (SSSR count). The zero-order valence-electron chi connectivity index (χ0n) is 21.4. The number of para-hydroxylation sites is 2. The summed E-state index contributed by atoms with van der Waals surface area (Å²) < 4.78 is 34.2. The van der Waals surface area contributed by atoms with E-state index >= 15 is 0 Å². The van der Waals surface area contributed by atoms with Gasteiger partial charge in [0.05, 0.1) is 17.7 Å². The van der Waals surface area contributed by atoms with Gasteiger partial charge in [0, 0.05) is 29.2 Å². The molecule has 0 spiro atoms. The van der Waals surface area contributed by atoms with Crippen molar-refractivity contribution in [2.24, 2.45) is 0 Å². The van der Waals surface area contributed by atoms with E-state index in [4.69, 9.17) is 27.9 Å². The first-order chi connectivity index (χ1) is 18.0. The van der Waals surface area contributed by atoms with Crippen LogP contribution >= 0.6 is 23.2 Å². The number of nitrogens with one attached hydrogen (secondary N) is 1. The fourth-order valence-corrected chi connectivity index (χ4v) is 5.77. The first kappa shape index (κ1) is 29.3.